The lowest BCUT2D eigenvalue weighted by molar-refractivity contribution is -0.140. The van der Waals surface area contributed by atoms with Crippen LogP contribution in [0.25, 0.3) is 0 Å². The van der Waals surface area contributed by atoms with Crippen molar-refractivity contribution in [3.8, 4) is 0 Å². The average Bonchev–Trinajstić information content (AvgIpc) is 2.19. The maximum Gasteiger partial charge on any atom is 0.341 e. The Bertz CT molecular complexity index is 283. The van der Waals surface area contributed by atoms with Crippen LogP contribution in [0.3, 0.4) is 0 Å². The minimum atomic E-state index is -0.498. The maximum absolute atomic E-state index is 11.5. The van der Waals surface area contributed by atoms with Crippen LogP contribution in [-0.2, 0) is 19.1 Å². The zero-order valence-corrected chi connectivity index (χ0v) is 9.17. The molecule has 1 aliphatic rings. The maximum atomic E-state index is 11.5. The zero-order valence-electron chi connectivity index (χ0n) is 9.17. The molecule has 4 heteroatoms. The molecule has 4 nitrogen and oxygen atoms in total. The molecule has 0 amide bonds. The van der Waals surface area contributed by atoms with E-state index in [-0.39, 0.29) is 11.4 Å². The van der Waals surface area contributed by atoms with Gasteiger partial charge in [0, 0.05) is 0 Å². The normalized spacial score (nSPS) is 16.0. The van der Waals surface area contributed by atoms with Crippen molar-refractivity contribution in [2.24, 2.45) is 0 Å². The van der Waals surface area contributed by atoms with Crippen molar-refractivity contribution in [3.63, 3.8) is 0 Å². The number of rotatable bonds is 3. The molecule has 0 radical (unpaired) electrons. The van der Waals surface area contributed by atoms with Crippen molar-refractivity contribution in [2.45, 2.75) is 26.7 Å². The standard InChI is InChI=1S/C11H16O4/c1-3-15-11(13)10(8(2)12)9-4-6-14-7-5-9/h3-7H2,1-2H3. The highest BCUT2D eigenvalue weighted by molar-refractivity contribution is 6.17. The molecule has 0 aromatic carbocycles. The molecule has 0 bridgehead atoms. The van der Waals surface area contributed by atoms with Gasteiger partial charge < -0.3 is 9.47 Å². The fourth-order valence-electron chi connectivity index (χ4n) is 1.61. The summed E-state index contributed by atoms with van der Waals surface area (Å²) in [6.45, 7) is 4.56. The van der Waals surface area contributed by atoms with Gasteiger partial charge in [-0.15, -0.1) is 0 Å². The van der Waals surface area contributed by atoms with Crippen molar-refractivity contribution in [2.75, 3.05) is 19.8 Å². The van der Waals surface area contributed by atoms with E-state index in [0.717, 1.165) is 5.57 Å². The third kappa shape index (κ3) is 3.16. The molecule has 1 rings (SSSR count). The van der Waals surface area contributed by atoms with Crippen molar-refractivity contribution in [1.29, 1.82) is 0 Å². The second-order valence-corrected chi connectivity index (χ2v) is 3.37. The molecule has 0 N–H and O–H groups in total. The molecule has 0 atom stereocenters. The van der Waals surface area contributed by atoms with Gasteiger partial charge in [-0.05, 0) is 32.3 Å². The SMILES string of the molecule is CCOC(=O)C(C(C)=O)=C1CCOCC1. The molecule has 1 heterocycles. The largest absolute Gasteiger partial charge is 0.462 e. The molecule has 1 aliphatic heterocycles. The Morgan fingerprint density at radius 1 is 1.33 bits per heavy atom. The Morgan fingerprint density at radius 2 is 1.93 bits per heavy atom. The Balaban J connectivity index is 2.88. The van der Waals surface area contributed by atoms with E-state index in [0.29, 0.717) is 32.7 Å². The quantitative estimate of drug-likeness (QED) is 0.306. The number of hydrogen-bond acceptors (Lipinski definition) is 4. The summed E-state index contributed by atoms with van der Waals surface area (Å²) in [5.41, 5.74) is 1.09. The number of ether oxygens (including phenoxy) is 2. The first kappa shape index (κ1) is 11.9. The number of carbonyl (C=O) groups excluding carboxylic acids is 2. The van der Waals surface area contributed by atoms with E-state index in [9.17, 15) is 9.59 Å². The van der Waals surface area contributed by atoms with Gasteiger partial charge in [-0.25, -0.2) is 4.79 Å². The highest BCUT2D eigenvalue weighted by Gasteiger charge is 2.22. The molecule has 0 saturated carbocycles. The summed E-state index contributed by atoms with van der Waals surface area (Å²) < 4.78 is 10.0. The Hall–Kier alpha value is -1.16. The first-order chi connectivity index (χ1) is 7.16. The second-order valence-electron chi connectivity index (χ2n) is 3.37. The fourth-order valence-corrected chi connectivity index (χ4v) is 1.61. The van der Waals surface area contributed by atoms with Crippen molar-refractivity contribution >= 4 is 11.8 Å². The number of hydrogen-bond donors (Lipinski definition) is 0. The first-order valence-corrected chi connectivity index (χ1v) is 5.14. The van der Waals surface area contributed by atoms with Crippen LogP contribution >= 0.6 is 0 Å². The molecule has 0 aliphatic carbocycles. The van der Waals surface area contributed by atoms with Crippen molar-refractivity contribution in [1.82, 2.24) is 0 Å². The third-order valence-electron chi connectivity index (χ3n) is 2.28. The van der Waals surface area contributed by atoms with Crippen LogP contribution in [0.4, 0.5) is 0 Å². The van der Waals surface area contributed by atoms with Gasteiger partial charge in [-0.3, -0.25) is 4.79 Å². The Labute approximate surface area is 89.2 Å². The van der Waals surface area contributed by atoms with Gasteiger partial charge in [0.25, 0.3) is 0 Å². The van der Waals surface area contributed by atoms with Crippen LogP contribution in [0.5, 0.6) is 0 Å². The van der Waals surface area contributed by atoms with Crippen LogP contribution in [0.15, 0.2) is 11.1 Å². The van der Waals surface area contributed by atoms with E-state index in [1.165, 1.54) is 6.92 Å². The second kappa shape index (κ2) is 5.66. The summed E-state index contributed by atoms with van der Waals surface area (Å²) in [6.07, 6.45) is 1.29. The minimum absolute atomic E-state index is 0.217. The lowest BCUT2D eigenvalue weighted by Crippen LogP contribution is -2.19. The van der Waals surface area contributed by atoms with Gasteiger partial charge in [0.15, 0.2) is 5.78 Å². The van der Waals surface area contributed by atoms with Gasteiger partial charge in [-0.2, -0.15) is 0 Å². The van der Waals surface area contributed by atoms with Gasteiger partial charge in [0.1, 0.15) is 5.57 Å². The van der Waals surface area contributed by atoms with E-state index in [2.05, 4.69) is 0 Å². The van der Waals surface area contributed by atoms with Crippen LogP contribution in [0.2, 0.25) is 0 Å². The van der Waals surface area contributed by atoms with Gasteiger partial charge >= 0.3 is 5.97 Å². The monoisotopic (exact) mass is 212 g/mol. The number of ketones is 1. The molecular weight excluding hydrogens is 196 g/mol. The van der Waals surface area contributed by atoms with E-state index >= 15 is 0 Å². The molecule has 0 spiro atoms. The molecule has 1 saturated heterocycles. The van der Waals surface area contributed by atoms with Crippen molar-refractivity contribution < 1.29 is 19.1 Å². The third-order valence-corrected chi connectivity index (χ3v) is 2.28. The van der Waals surface area contributed by atoms with E-state index in [4.69, 9.17) is 9.47 Å². The average molecular weight is 212 g/mol. The van der Waals surface area contributed by atoms with Crippen molar-refractivity contribution in [3.05, 3.63) is 11.1 Å². The molecule has 1 fully saturated rings. The van der Waals surface area contributed by atoms with E-state index < -0.39 is 5.97 Å². The zero-order chi connectivity index (χ0) is 11.3. The van der Waals surface area contributed by atoms with Crippen LogP contribution in [-0.4, -0.2) is 31.6 Å². The van der Waals surface area contributed by atoms with Crippen LogP contribution < -0.4 is 0 Å². The van der Waals surface area contributed by atoms with Crippen LogP contribution in [0.1, 0.15) is 26.7 Å². The minimum Gasteiger partial charge on any atom is -0.462 e. The van der Waals surface area contributed by atoms with Gasteiger partial charge in [0.2, 0.25) is 0 Å². The highest BCUT2D eigenvalue weighted by Crippen LogP contribution is 2.19. The number of carbonyl (C=O) groups is 2. The molecule has 0 unspecified atom stereocenters. The smallest absolute Gasteiger partial charge is 0.341 e. The summed E-state index contributed by atoms with van der Waals surface area (Å²) in [5, 5.41) is 0. The highest BCUT2D eigenvalue weighted by atomic mass is 16.5. The van der Waals surface area contributed by atoms with Gasteiger partial charge in [0.05, 0.1) is 19.8 Å². The lowest BCUT2D eigenvalue weighted by atomic mass is 9.98. The number of esters is 1. The topological polar surface area (TPSA) is 52.6 Å². The van der Waals surface area contributed by atoms with Crippen LogP contribution in [0, 0.1) is 0 Å². The van der Waals surface area contributed by atoms with E-state index in [1.807, 2.05) is 0 Å². The lowest BCUT2D eigenvalue weighted by Gasteiger charge is -2.17. The van der Waals surface area contributed by atoms with Gasteiger partial charge in [-0.1, -0.05) is 0 Å². The fraction of sp³-hybridized carbons (Fsp3) is 0.636. The molecule has 84 valence electrons. The Kier molecular flexibility index (Phi) is 4.49. The Morgan fingerprint density at radius 3 is 2.40 bits per heavy atom. The summed E-state index contributed by atoms with van der Waals surface area (Å²) >= 11 is 0. The summed E-state index contributed by atoms with van der Waals surface area (Å²) in [6, 6.07) is 0. The van der Waals surface area contributed by atoms with E-state index in [1.54, 1.807) is 6.92 Å². The predicted molar refractivity (Wildman–Crippen MR) is 54.4 cm³/mol. The molecule has 0 aromatic rings. The summed E-state index contributed by atoms with van der Waals surface area (Å²) in [7, 11) is 0. The predicted octanol–water partition coefficient (Wildman–Crippen LogP) is 1.25. The summed E-state index contributed by atoms with van der Waals surface area (Å²) in [4.78, 5) is 22.9. The first-order valence-electron chi connectivity index (χ1n) is 5.14. The summed E-state index contributed by atoms with van der Waals surface area (Å²) in [5.74, 6) is -0.716. The number of Topliss-reactive ketones (excluding diaryl/α,β-unsaturated/α-hetero) is 1. The molecule has 15 heavy (non-hydrogen) atoms. The molecule has 0 aromatic heterocycles. The molecular formula is C11H16O4.